The van der Waals surface area contributed by atoms with Crippen molar-refractivity contribution in [1.29, 1.82) is 0 Å². The molecule has 3 aromatic rings. The molecule has 4 nitrogen and oxygen atoms in total. The van der Waals surface area contributed by atoms with E-state index < -0.39 is 0 Å². The van der Waals surface area contributed by atoms with Gasteiger partial charge in [0.1, 0.15) is 5.75 Å². The van der Waals surface area contributed by atoms with Gasteiger partial charge in [0.05, 0.1) is 13.5 Å². The van der Waals surface area contributed by atoms with Crippen LogP contribution >= 0.6 is 15.9 Å². The van der Waals surface area contributed by atoms with E-state index >= 15 is 0 Å². The number of hydrogen-bond acceptors (Lipinski definition) is 3. The fraction of sp³-hybridized carbons (Fsp3) is 0.0909. The quantitative estimate of drug-likeness (QED) is 0.419. The molecule has 3 rings (SSSR count). The van der Waals surface area contributed by atoms with E-state index in [-0.39, 0.29) is 18.0 Å². The van der Waals surface area contributed by atoms with Crippen LogP contribution < -0.4 is 4.74 Å². The topological polar surface area (TPSA) is 59.2 Å². The molecule has 0 bridgehead atoms. The first-order valence-electron chi connectivity index (χ1n) is 8.37. The number of nitrogens with one attached hydrogen (secondary N) is 1. The zero-order valence-corrected chi connectivity index (χ0v) is 16.3. The Morgan fingerprint density at radius 1 is 1.04 bits per heavy atom. The highest BCUT2D eigenvalue weighted by molar-refractivity contribution is 9.10. The van der Waals surface area contributed by atoms with Crippen LogP contribution in [0.4, 0.5) is 0 Å². The molecule has 1 heterocycles. The molecule has 136 valence electrons. The van der Waals surface area contributed by atoms with Gasteiger partial charge in [-0.15, -0.1) is 0 Å². The van der Waals surface area contributed by atoms with Gasteiger partial charge in [0.2, 0.25) is 0 Å². The van der Waals surface area contributed by atoms with Crippen LogP contribution in [0.3, 0.4) is 0 Å². The molecule has 0 atom stereocenters. The predicted molar refractivity (Wildman–Crippen MR) is 112 cm³/mol. The number of methoxy groups -OCH3 is 1. The van der Waals surface area contributed by atoms with E-state index in [9.17, 15) is 9.59 Å². The van der Waals surface area contributed by atoms with Crippen LogP contribution in [0.25, 0.3) is 23.1 Å². The number of ether oxygens (including phenoxy) is 1. The number of rotatable bonds is 7. The highest BCUT2D eigenvalue weighted by atomic mass is 79.9. The minimum absolute atomic E-state index is 0.167. The van der Waals surface area contributed by atoms with E-state index in [2.05, 4.69) is 20.9 Å². The molecule has 1 aromatic heterocycles. The zero-order chi connectivity index (χ0) is 19.2. The van der Waals surface area contributed by atoms with Gasteiger partial charge in [0.15, 0.2) is 11.6 Å². The lowest BCUT2D eigenvalue weighted by atomic mass is 10.1. The molecule has 2 aromatic carbocycles. The average Bonchev–Trinajstić information content (AvgIpc) is 3.13. The smallest absolute Gasteiger partial charge is 0.163 e. The molecule has 0 unspecified atom stereocenters. The average molecular weight is 424 g/mol. The first-order valence-corrected chi connectivity index (χ1v) is 9.17. The van der Waals surface area contributed by atoms with Crippen LogP contribution in [0.15, 0.2) is 65.3 Å². The van der Waals surface area contributed by atoms with E-state index in [1.165, 1.54) is 12.2 Å². The second-order valence-electron chi connectivity index (χ2n) is 5.99. The van der Waals surface area contributed by atoms with E-state index in [1.54, 1.807) is 19.3 Å². The second kappa shape index (κ2) is 8.64. The highest BCUT2D eigenvalue weighted by Gasteiger charge is 2.05. The molecule has 0 aliphatic heterocycles. The second-order valence-corrected chi connectivity index (χ2v) is 6.84. The lowest BCUT2D eigenvalue weighted by Crippen LogP contribution is -2.01. The van der Waals surface area contributed by atoms with Crippen molar-refractivity contribution >= 4 is 50.6 Å². The SMILES string of the molecule is COc1ccc(Br)c(C=CC(=O)CC(=O)C=Cc2ccc3cc[nH]c3c2)c1. The van der Waals surface area contributed by atoms with Crippen LogP contribution in [0.5, 0.6) is 5.75 Å². The van der Waals surface area contributed by atoms with Crippen molar-refractivity contribution in [3.05, 3.63) is 76.4 Å². The third kappa shape index (κ3) is 5.05. The van der Waals surface area contributed by atoms with Gasteiger partial charge < -0.3 is 9.72 Å². The van der Waals surface area contributed by atoms with Gasteiger partial charge in [-0.2, -0.15) is 0 Å². The number of hydrogen-bond donors (Lipinski definition) is 1. The van der Waals surface area contributed by atoms with Crippen LogP contribution in [-0.4, -0.2) is 23.7 Å². The summed E-state index contributed by atoms with van der Waals surface area (Å²) in [5.41, 5.74) is 2.72. The Morgan fingerprint density at radius 2 is 1.81 bits per heavy atom. The molecule has 5 heteroatoms. The summed E-state index contributed by atoms with van der Waals surface area (Å²) in [7, 11) is 1.58. The number of carbonyl (C=O) groups excluding carboxylic acids is 2. The number of H-pyrrole nitrogens is 1. The lowest BCUT2D eigenvalue weighted by Gasteiger charge is -2.03. The van der Waals surface area contributed by atoms with Crippen molar-refractivity contribution in [3.8, 4) is 5.75 Å². The first kappa shape index (κ1) is 18.9. The summed E-state index contributed by atoms with van der Waals surface area (Å²) >= 11 is 3.43. The Balaban J connectivity index is 1.60. The van der Waals surface area contributed by atoms with Crippen LogP contribution in [0.2, 0.25) is 0 Å². The van der Waals surface area contributed by atoms with Crippen LogP contribution in [-0.2, 0) is 9.59 Å². The summed E-state index contributed by atoms with van der Waals surface area (Å²) in [6.45, 7) is 0. The summed E-state index contributed by atoms with van der Waals surface area (Å²) in [4.78, 5) is 27.2. The highest BCUT2D eigenvalue weighted by Crippen LogP contribution is 2.23. The third-order valence-electron chi connectivity index (χ3n) is 4.04. The molecule has 1 N–H and O–H groups in total. The van der Waals surface area contributed by atoms with Crippen molar-refractivity contribution in [2.75, 3.05) is 7.11 Å². The summed E-state index contributed by atoms with van der Waals surface area (Å²) in [6.07, 6.45) is 7.95. The normalized spacial score (nSPS) is 11.5. The molecule has 0 aliphatic rings. The van der Waals surface area contributed by atoms with Crippen molar-refractivity contribution in [2.45, 2.75) is 6.42 Å². The summed E-state index contributed by atoms with van der Waals surface area (Å²) in [6, 6.07) is 13.3. The minimum atomic E-state index is -0.251. The fourth-order valence-electron chi connectivity index (χ4n) is 2.61. The van der Waals surface area contributed by atoms with E-state index in [4.69, 9.17) is 4.74 Å². The molecule has 27 heavy (non-hydrogen) atoms. The van der Waals surface area contributed by atoms with Crippen molar-refractivity contribution in [3.63, 3.8) is 0 Å². The standard InChI is InChI=1S/C22H18BrNO3/c1-27-20-8-9-21(23)17(13-20)5-7-19(26)14-18(25)6-3-15-2-4-16-10-11-24-22(16)12-15/h2-13,24H,14H2,1H3. The zero-order valence-electron chi connectivity index (χ0n) is 14.7. The number of benzene rings is 2. The molecule has 0 saturated heterocycles. The number of halogens is 1. The maximum Gasteiger partial charge on any atom is 0.163 e. The number of ketones is 2. The molecule has 0 fully saturated rings. The van der Waals surface area contributed by atoms with Gasteiger partial charge in [-0.25, -0.2) is 0 Å². The van der Waals surface area contributed by atoms with Crippen molar-refractivity contribution < 1.29 is 14.3 Å². The predicted octanol–water partition coefficient (Wildman–Crippen LogP) is 5.19. The minimum Gasteiger partial charge on any atom is -0.497 e. The Bertz CT molecular complexity index is 1050. The Hall–Kier alpha value is -2.92. The Morgan fingerprint density at radius 3 is 2.59 bits per heavy atom. The van der Waals surface area contributed by atoms with Crippen LogP contribution in [0, 0.1) is 0 Å². The Kier molecular flexibility index (Phi) is 6.04. The van der Waals surface area contributed by atoms with Gasteiger partial charge in [-0.1, -0.05) is 40.2 Å². The molecule has 0 radical (unpaired) electrons. The van der Waals surface area contributed by atoms with Gasteiger partial charge in [0.25, 0.3) is 0 Å². The van der Waals surface area contributed by atoms with Gasteiger partial charge in [-0.05, 0) is 59.0 Å². The number of aromatic nitrogens is 1. The maximum atomic E-state index is 12.1. The lowest BCUT2D eigenvalue weighted by molar-refractivity contribution is -0.121. The van der Waals surface area contributed by atoms with Crippen molar-refractivity contribution in [1.82, 2.24) is 4.98 Å². The van der Waals surface area contributed by atoms with E-state index in [0.717, 1.165) is 26.5 Å². The summed E-state index contributed by atoms with van der Waals surface area (Å²) in [5, 5.41) is 1.11. The van der Waals surface area contributed by atoms with Gasteiger partial charge in [-0.3, -0.25) is 9.59 Å². The summed E-state index contributed by atoms with van der Waals surface area (Å²) < 4.78 is 6.02. The number of allylic oxidation sites excluding steroid dienone is 2. The molecule has 0 saturated carbocycles. The van der Waals surface area contributed by atoms with E-state index in [1.807, 2.05) is 48.7 Å². The molecule has 0 amide bonds. The molecule has 0 spiro atoms. The monoisotopic (exact) mass is 423 g/mol. The largest absolute Gasteiger partial charge is 0.497 e. The first-order chi connectivity index (χ1) is 13.0. The third-order valence-corrected chi connectivity index (χ3v) is 4.76. The van der Waals surface area contributed by atoms with E-state index in [0.29, 0.717) is 5.75 Å². The van der Waals surface area contributed by atoms with Crippen molar-refractivity contribution in [2.24, 2.45) is 0 Å². The number of carbonyl (C=O) groups is 2. The fourth-order valence-corrected chi connectivity index (χ4v) is 2.99. The number of aromatic amines is 1. The molecular formula is C22H18BrNO3. The van der Waals surface area contributed by atoms with Crippen LogP contribution in [0.1, 0.15) is 17.5 Å². The number of fused-ring (bicyclic) bond motifs is 1. The van der Waals surface area contributed by atoms with Gasteiger partial charge in [0, 0.05) is 16.2 Å². The summed E-state index contributed by atoms with van der Waals surface area (Å²) in [5.74, 6) is 0.212. The van der Waals surface area contributed by atoms with Gasteiger partial charge >= 0.3 is 0 Å². The maximum absolute atomic E-state index is 12.1. The Labute approximate surface area is 165 Å². The molecular weight excluding hydrogens is 406 g/mol. The molecule has 0 aliphatic carbocycles.